The molecule has 1 heterocycles. The van der Waals surface area contributed by atoms with Crippen LogP contribution in [-0.4, -0.2) is 129 Å². The average molecular weight is 461 g/mol. The monoisotopic (exact) mass is 460 g/mol. The Morgan fingerprint density at radius 3 is 2.62 bits per heavy atom. The minimum absolute atomic E-state index is 0.0309. The molecule has 1 aliphatic rings. The second kappa shape index (κ2) is 16.8. The molecule has 0 aromatic rings. The maximum absolute atomic E-state index is 12.2. The molecule has 12 heteroatoms. The molecule has 186 valence electrons. The van der Waals surface area contributed by atoms with Crippen molar-refractivity contribution in [2.75, 3.05) is 85.3 Å². The largest absolute Gasteiger partial charge is 0.480 e. The highest BCUT2D eigenvalue weighted by Crippen LogP contribution is 1.97. The number of cyclic esters (lactones) is 2. The standard InChI is InChI=1S/C20H40N6O6/c1-4-24(14-18(27)28)9-10-25-11-12-26(23-6-5-22-17(2)3)8-7-21-13-19(29)31-16-32-20(30)15-25/h17,21-23H,4-16H2,1-3H3,(H,27,28). The van der Waals surface area contributed by atoms with Crippen molar-refractivity contribution >= 4 is 17.9 Å². The van der Waals surface area contributed by atoms with Gasteiger partial charge in [0, 0.05) is 58.4 Å². The van der Waals surface area contributed by atoms with Crippen molar-refractivity contribution in [3.05, 3.63) is 0 Å². The Balaban J connectivity index is 2.71. The first-order valence-corrected chi connectivity index (χ1v) is 11.2. The predicted molar refractivity (Wildman–Crippen MR) is 119 cm³/mol. The van der Waals surface area contributed by atoms with E-state index in [1.165, 1.54) is 0 Å². The van der Waals surface area contributed by atoms with Gasteiger partial charge in [0.1, 0.15) is 0 Å². The summed E-state index contributed by atoms with van der Waals surface area (Å²) in [6.45, 7) is 11.3. The summed E-state index contributed by atoms with van der Waals surface area (Å²) in [6.07, 6.45) is 0. The van der Waals surface area contributed by atoms with Gasteiger partial charge in [0.15, 0.2) is 0 Å². The third-order valence-electron chi connectivity index (χ3n) is 4.86. The van der Waals surface area contributed by atoms with Crippen LogP contribution in [0.1, 0.15) is 20.8 Å². The number of hydrogen-bond acceptors (Lipinski definition) is 11. The van der Waals surface area contributed by atoms with Crippen molar-refractivity contribution in [1.29, 1.82) is 0 Å². The third-order valence-corrected chi connectivity index (χ3v) is 4.86. The summed E-state index contributed by atoms with van der Waals surface area (Å²) in [4.78, 5) is 38.7. The van der Waals surface area contributed by atoms with Gasteiger partial charge in [0.25, 0.3) is 0 Å². The van der Waals surface area contributed by atoms with Crippen LogP contribution in [0.15, 0.2) is 0 Å². The van der Waals surface area contributed by atoms with Crippen LogP contribution in [0.4, 0.5) is 0 Å². The van der Waals surface area contributed by atoms with Crippen molar-refractivity contribution < 1.29 is 29.0 Å². The van der Waals surface area contributed by atoms with Gasteiger partial charge in [-0.2, -0.15) is 0 Å². The zero-order chi connectivity index (χ0) is 23.8. The van der Waals surface area contributed by atoms with Crippen LogP contribution in [0, 0.1) is 0 Å². The Labute approximate surface area is 190 Å². The molecule has 1 fully saturated rings. The molecule has 1 rings (SSSR count). The van der Waals surface area contributed by atoms with Crippen LogP contribution in [0.2, 0.25) is 0 Å². The van der Waals surface area contributed by atoms with E-state index in [0.29, 0.717) is 51.9 Å². The Kier molecular flexibility index (Phi) is 14.8. The highest BCUT2D eigenvalue weighted by Gasteiger charge is 2.17. The number of nitrogens with one attached hydrogen (secondary N) is 3. The molecule has 0 spiro atoms. The molecule has 0 bridgehead atoms. The smallest absolute Gasteiger partial charge is 0.323 e. The first-order chi connectivity index (χ1) is 15.3. The number of hydrogen-bond donors (Lipinski definition) is 4. The summed E-state index contributed by atoms with van der Waals surface area (Å²) < 4.78 is 9.92. The van der Waals surface area contributed by atoms with E-state index >= 15 is 0 Å². The zero-order valence-electron chi connectivity index (χ0n) is 19.6. The highest BCUT2D eigenvalue weighted by atomic mass is 16.7. The maximum atomic E-state index is 12.2. The van der Waals surface area contributed by atoms with Gasteiger partial charge in [-0.3, -0.25) is 29.6 Å². The van der Waals surface area contributed by atoms with Gasteiger partial charge < -0.3 is 25.2 Å². The van der Waals surface area contributed by atoms with Crippen LogP contribution in [0.3, 0.4) is 0 Å². The van der Waals surface area contributed by atoms with E-state index in [9.17, 15) is 14.4 Å². The number of rotatable bonds is 11. The lowest BCUT2D eigenvalue weighted by atomic mass is 10.3. The van der Waals surface area contributed by atoms with Gasteiger partial charge in [-0.25, -0.2) is 5.01 Å². The number of likely N-dealkylation sites (N-methyl/N-ethyl adjacent to an activating group) is 1. The predicted octanol–water partition coefficient (Wildman–Crippen LogP) is -1.85. The molecule has 12 nitrogen and oxygen atoms in total. The van der Waals surface area contributed by atoms with Crippen LogP contribution in [0.25, 0.3) is 0 Å². The van der Waals surface area contributed by atoms with E-state index in [2.05, 4.69) is 34.9 Å². The number of carbonyl (C=O) groups is 3. The number of ether oxygens (including phenoxy) is 2. The summed E-state index contributed by atoms with van der Waals surface area (Å²) in [5.41, 5.74) is 3.39. The Morgan fingerprint density at radius 2 is 1.94 bits per heavy atom. The highest BCUT2D eigenvalue weighted by molar-refractivity contribution is 5.73. The minimum Gasteiger partial charge on any atom is -0.480 e. The van der Waals surface area contributed by atoms with E-state index in [0.717, 1.165) is 13.1 Å². The van der Waals surface area contributed by atoms with Crippen molar-refractivity contribution in [2.24, 2.45) is 0 Å². The number of carboxylic acids is 1. The molecular formula is C20H40N6O6. The molecule has 32 heavy (non-hydrogen) atoms. The molecule has 4 N–H and O–H groups in total. The molecule has 0 atom stereocenters. The van der Waals surface area contributed by atoms with Crippen molar-refractivity contribution in [1.82, 2.24) is 30.9 Å². The molecule has 1 saturated heterocycles. The fourth-order valence-electron chi connectivity index (χ4n) is 3.04. The van der Waals surface area contributed by atoms with Gasteiger partial charge >= 0.3 is 17.9 Å². The van der Waals surface area contributed by atoms with Crippen molar-refractivity contribution in [3.63, 3.8) is 0 Å². The summed E-state index contributed by atoms with van der Waals surface area (Å²) >= 11 is 0. The Hall–Kier alpha value is -1.83. The lowest BCUT2D eigenvalue weighted by Crippen LogP contribution is -2.50. The van der Waals surface area contributed by atoms with Gasteiger partial charge in [0.2, 0.25) is 6.79 Å². The fraction of sp³-hybridized carbons (Fsp3) is 0.850. The van der Waals surface area contributed by atoms with Crippen molar-refractivity contribution in [3.8, 4) is 0 Å². The molecule has 0 aromatic heterocycles. The molecule has 0 aromatic carbocycles. The number of hydrazine groups is 1. The summed E-state index contributed by atoms with van der Waals surface area (Å²) in [6, 6.07) is 0.400. The molecule has 0 radical (unpaired) electrons. The van der Waals surface area contributed by atoms with E-state index in [1.54, 1.807) is 4.90 Å². The molecule has 0 amide bonds. The Bertz CT molecular complexity index is 565. The minimum atomic E-state index is -0.882. The van der Waals surface area contributed by atoms with Gasteiger partial charge in [0.05, 0.1) is 19.6 Å². The van der Waals surface area contributed by atoms with Gasteiger partial charge in [-0.05, 0) is 6.54 Å². The van der Waals surface area contributed by atoms with E-state index in [-0.39, 0.29) is 19.6 Å². The number of nitrogens with zero attached hydrogens (tertiary/aromatic N) is 3. The quantitative estimate of drug-likeness (QED) is 0.203. The summed E-state index contributed by atoms with van der Waals surface area (Å²) in [5.74, 6) is -1.86. The normalized spacial score (nSPS) is 18.4. The van der Waals surface area contributed by atoms with Crippen LogP contribution >= 0.6 is 0 Å². The molecule has 0 saturated carbocycles. The Morgan fingerprint density at radius 1 is 1.19 bits per heavy atom. The number of carbonyl (C=O) groups excluding carboxylic acids is 2. The van der Waals surface area contributed by atoms with Crippen LogP contribution in [-0.2, 0) is 23.9 Å². The maximum Gasteiger partial charge on any atom is 0.323 e. The number of esters is 2. The molecule has 1 aliphatic heterocycles. The van der Waals surface area contributed by atoms with E-state index in [1.807, 2.05) is 11.8 Å². The first-order valence-electron chi connectivity index (χ1n) is 11.2. The number of carboxylic acid groups (broad SMARTS) is 1. The molecular weight excluding hydrogens is 420 g/mol. The number of aliphatic carboxylic acids is 1. The average Bonchev–Trinajstić information content (AvgIpc) is 2.73. The van der Waals surface area contributed by atoms with E-state index < -0.39 is 24.7 Å². The van der Waals surface area contributed by atoms with Crippen molar-refractivity contribution in [2.45, 2.75) is 26.8 Å². The SMILES string of the molecule is CCN(CCN1CCN(NCCNC(C)C)CCNCC(=O)OCOC(=O)C1)CC(=O)O. The third kappa shape index (κ3) is 14.3. The van der Waals surface area contributed by atoms with Crippen LogP contribution < -0.4 is 16.1 Å². The van der Waals surface area contributed by atoms with Gasteiger partial charge in [-0.15, -0.1) is 0 Å². The molecule has 0 aliphatic carbocycles. The fourth-order valence-corrected chi connectivity index (χ4v) is 3.04. The first kappa shape index (κ1) is 28.2. The summed E-state index contributed by atoms with van der Waals surface area (Å²) in [7, 11) is 0. The summed E-state index contributed by atoms with van der Waals surface area (Å²) in [5, 5.41) is 17.5. The second-order valence-electron chi connectivity index (χ2n) is 7.87. The lowest BCUT2D eigenvalue weighted by molar-refractivity contribution is -0.167. The van der Waals surface area contributed by atoms with E-state index in [4.69, 9.17) is 14.6 Å². The van der Waals surface area contributed by atoms with Crippen LogP contribution in [0.5, 0.6) is 0 Å². The zero-order valence-corrected chi connectivity index (χ0v) is 19.6. The molecule has 0 unspecified atom stereocenters. The van der Waals surface area contributed by atoms with Gasteiger partial charge in [-0.1, -0.05) is 20.8 Å². The second-order valence-corrected chi connectivity index (χ2v) is 7.87. The topological polar surface area (TPSA) is 136 Å². The lowest BCUT2D eigenvalue weighted by Gasteiger charge is -2.29.